The van der Waals surface area contributed by atoms with Gasteiger partial charge in [0.15, 0.2) is 0 Å². The average molecular weight is 332 g/mol. The molecule has 0 saturated heterocycles. The van der Waals surface area contributed by atoms with E-state index >= 15 is 0 Å². The molecule has 1 atom stereocenters. The highest BCUT2D eigenvalue weighted by atomic mass is 16.2. The summed E-state index contributed by atoms with van der Waals surface area (Å²) in [5.41, 5.74) is 1.86. The van der Waals surface area contributed by atoms with Crippen LogP contribution in [0.15, 0.2) is 66.7 Å². The largest absolute Gasteiger partial charge is 0.299 e. The van der Waals surface area contributed by atoms with E-state index in [-0.39, 0.29) is 22.9 Å². The minimum Gasteiger partial charge on any atom is -0.299 e. The Morgan fingerprint density at radius 1 is 0.880 bits per heavy atom. The highest BCUT2D eigenvalue weighted by Crippen LogP contribution is 2.40. The maximum atomic E-state index is 12.8. The predicted octanol–water partition coefficient (Wildman–Crippen LogP) is 5.06. The fraction of sp³-hybridized carbons (Fsp3) is 0.304. The van der Waals surface area contributed by atoms with Crippen LogP contribution in [0.3, 0.4) is 0 Å². The minimum atomic E-state index is -0.574. The van der Waals surface area contributed by atoms with Crippen LogP contribution in [0.5, 0.6) is 0 Å². The summed E-state index contributed by atoms with van der Waals surface area (Å²) in [5.74, 6) is -0.659. The smallest absolute Gasteiger partial charge is 0.144 e. The number of rotatable bonds is 4. The van der Waals surface area contributed by atoms with E-state index in [0.717, 1.165) is 11.1 Å². The Morgan fingerprint density at radius 3 is 1.96 bits per heavy atom. The lowest BCUT2D eigenvalue weighted by Gasteiger charge is -2.35. The summed E-state index contributed by atoms with van der Waals surface area (Å²) in [5, 5.41) is 0. The Balaban J connectivity index is 1.96. The molecule has 1 fully saturated rings. The molecule has 2 aromatic carbocycles. The molecular formula is C23H24O2. The van der Waals surface area contributed by atoms with Gasteiger partial charge in [0.25, 0.3) is 0 Å². The third kappa shape index (κ3) is 4.14. The number of hydrogen-bond donors (Lipinski definition) is 0. The van der Waals surface area contributed by atoms with Gasteiger partial charge in [0, 0.05) is 18.8 Å². The number of benzene rings is 2. The van der Waals surface area contributed by atoms with Crippen molar-refractivity contribution >= 4 is 17.6 Å². The summed E-state index contributed by atoms with van der Waals surface area (Å²) in [4.78, 5) is 25.6. The Hall–Kier alpha value is -2.48. The zero-order valence-corrected chi connectivity index (χ0v) is 14.8. The topological polar surface area (TPSA) is 34.1 Å². The molecule has 0 radical (unpaired) electrons. The molecule has 0 spiro atoms. The lowest BCUT2D eigenvalue weighted by Crippen LogP contribution is -2.40. The second-order valence-corrected chi connectivity index (χ2v) is 7.63. The van der Waals surface area contributed by atoms with Crippen LogP contribution in [0, 0.1) is 11.3 Å². The van der Waals surface area contributed by atoms with E-state index in [2.05, 4.69) is 0 Å². The lowest BCUT2D eigenvalue weighted by molar-refractivity contribution is -0.140. The summed E-state index contributed by atoms with van der Waals surface area (Å²) in [6.45, 7) is 3.99. The number of allylic oxidation sites excluding steroid dienone is 1. The highest BCUT2D eigenvalue weighted by molar-refractivity contribution is 6.06. The van der Waals surface area contributed by atoms with Crippen LogP contribution >= 0.6 is 0 Å². The lowest BCUT2D eigenvalue weighted by atomic mass is 9.66. The molecule has 0 amide bonds. The van der Waals surface area contributed by atoms with E-state index in [1.165, 1.54) is 0 Å². The molecule has 1 saturated carbocycles. The van der Waals surface area contributed by atoms with Gasteiger partial charge in [-0.25, -0.2) is 0 Å². The molecule has 2 nitrogen and oxygen atoms in total. The normalized spacial score (nSPS) is 19.3. The van der Waals surface area contributed by atoms with Gasteiger partial charge in [0.05, 0.1) is 5.92 Å². The molecule has 1 aliphatic carbocycles. The SMILES string of the molecule is CC1(C)CC(=O)C(C(/C=C/c2ccccc2)c2ccccc2)C(=O)C1. The second kappa shape index (κ2) is 7.18. The zero-order valence-electron chi connectivity index (χ0n) is 14.8. The molecule has 25 heavy (non-hydrogen) atoms. The molecule has 0 aliphatic heterocycles. The summed E-state index contributed by atoms with van der Waals surface area (Å²) in [7, 11) is 0. The summed E-state index contributed by atoms with van der Waals surface area (Å²) in [6, 6.07) is 19.9. The summed E-state index contributed by atoms with van der Waals surface area (Å²) in [6.07, 6.45) is 4.96. The van der Waals surface area contributed by atoms with Crippen molar-refractivity contribution in [3.8, 4) is 0 Å². The number of ketones is 2. The third-order valence-corrected chi connectivity index (χ3v) is 4.84. The van der Waals surface area contributed by atoms with Crippen LogP contribution in [0.2, 0.25) is 0 Å². The first-order valence-electron chi connectivity index (χ1n) is 8.80. The van der Waals surface area contributed by atoms with Gasteiger partial charge in [0.2, 0.25) is 0 Å². The molecule has 1 aliphatic rings. The van der Waals surface area contributed by atoms with Crippen LogP contribution in [-0.4, -0.2) is 11.6 Å². The maximum absolute atomic E-state index is 12.8. The van der Waals surface area contributed by atoms with E-state index in [4.69, 9.17) is 0 Å². The summed E-state index contributed by atoms with van der Waals surface area (Å²) < 4.78 is 0. The first kappa shape index (κ1) is 17.3. The molecule has 0 aromatic heterocycles. The minimum absolute atomic E-state index is 0.0628. The molecule has 2 heteroatoms. The molecule has 2 aromatic rings. The Kier molecular flexibility index (Phi) is 4.98. The van der Waals surface area contributed by atoms with Crippen molar-refractivity contribution in [1.29, 1.82) is 0 Å². The Bertz CT molecular complexity index is 752. The van der Waals surface area contributed by atoms with E-state index in [1.807, 2.05) is 86.7 Å². The van der Waals surface area contributed by atoms with Crippen molar-refractivity contribution < 1.29 is 9.59 Å². The van der Waals surface area contributed by atoms with Crippen LogP contribution in [0.4, 0.5) is 0 Å². The van der Waals surface area contributed by atoms with Crippen molar-refractivity contribution in [3.05, 3.63) is 77.9 Å². The van der Waals surface area contributed by atoms with Gasteiger partial charge >= 0.3 is 0 Å². The van der Waals surface area contributed by atoms with Gasteiger partial charge in [-0.1, -0.05) is 86.7 Å². The Labute approximate surface area is 149 Å². The first-order chi connectivity index (χ1) is 12.0. The fourth-order valence-corrected chi connectivity index (χ4v) is 3.67. The van der Waals surface area contributed by atoms with Crippen molar-refractivity contribution in [2.75, 3.05) is 0 Å². The number of Topliss-reactive ketones (excluding diaryl/α,β-unsaturated/α-hetero) is 2. The van der Waals surface area contributed by atoms with Gasteiger partial charge in [0.1, 0.15) is 11.6 Å². The first-order valence-corrected chi connectivity index (χ1v) is 8.80. The summed E-state index contributed by atoms with van der Waals surface area (Å²) >= 11 is 0. The van der Waals surface area contributed by atoms with Crippen LogP contribution in [0.25, 0.3) is 6.08 Å². The Morgan fingerprint density at radius 2 is 1.40 bits per heavy atom. The monoisotopic (exact) mass is 332 g/mol. The van der Waals surface area contributed by atoms with E-state index in [0.29, 0.717) is 12.8 Å². The standard InChI is InChI=1S/C23H24O2/c1-23(2)15-20(24)22(21(25)16-23)19(18-11-7-4-8-12-18)14-13-17-9-5-3-6-10-17/h3-14,19,22H,15-16H2,1-2H3/b14-13+. The van der Waals surface area contributed by atoms with Gasteiger partial charge in [-0.2, -0.15) is 0 Å². The van der Waals surface area contributed by atoms with E-state index in [9.17, 15) is 9.59 Å². The fourth-order valence-electron chi connectivity index (χ4n) is 3.67. The van der Waals surface area contributed by atoms with Crippen molar-refractivity contribution in [2.24, 2.45) is 11.3 Å². The van der Waals surface area contributed by atoms with Crippen molar-refractivity contribution in [2.45, 2.75) is 32.6 Å². The van der Waals surface area contributed by atoms with Crippen LogP contribution in [-0.2, 0) is 9.59 Å². The quantitative estimate of drug-likeness (QED) is 0.734. The molecule has 0 bridgehead atoms. The number of carbonyl (C=O) groups excluding carboxylic acids is 2. The van der Waals surface area contributed by atoms with E-state index in [1.54, 1.807) is 0 Å². The molecule has 3 rings (SSSR count). The van der Waals surface area contributed by atoms with Gasteiger partial charge in [-0.3, -0.25) is 9.59 Å². The van der Waals surface area contributed by atoms with Crippen molar-refractivity contribution in [3.63, 3.8) is 0 Å². The zero-order chi connectivity index (χ0) is 17.9. The van der Waals surface area contributed by atoms with Gasteiger partial charge < -0.3 is 0 Å². The van der Waals surface area contributed by atoms with Gasteiger partial charge in [-0.15, -0.1) is 0 Å². The van der Waals surface area contributed by atoms with Crippen LogP contribution < -0.4 is 0 Å². The van der Waals surface area contributed by atoms with Crippen LogP contribution in [0.1, 0.15) is 43.7 Å². The van der Waals surface area contributed by atoms with Gasteiger partial charge in [-0.05, 0) is 16.5 Å². The molecule has 1 unspecified atom stereocenters. The number of carbonyl (C=O) groups is 2. The maximum Gasteiger partial charge on any atom is 0.144 e. The second-order valence-electron chi connectivity index (χ2n) is 7.63. The molecule has 0 heterocycles. The average Bonchev–Trinajstić information content (AvgIpc) is 2.58. The van der Waals surface area contributed by atoms with E-state index < -0.39 is 5.92 Å². The molecular weight excluding hydrogens is 308 g/mol. The van der Waals surface area contributed by atoms with Crippen molar-refractivity contribution in [1.82, 2.24) is 0 Å². The number of hydrogen-bond acceptors (Lipinski definition) is 2. The predicted molar refractivity (Wildman–Crippen MR) is 101 cm³/mol. The third-order valence-electron chi connectivity index (χ3n) is 4.84. The molecule has 128 valence electrons. The highest BCUT2D eigenvalue weighted by Gasteiger charge is 2.43. The molecule has 0 N–H and O–H groups in total.